The number of ether oxygens (including phenoxy) is 3. The molecule has 0 spiro atoms. The molecule has 0 aliphatic carbocycles. The number of carbonyl (C=O) groups excluding carboxylic acids is 4. The van der Waals surface area contributed by atoms with Gasteiger partial charge in [0.1, 0.15) is 6.04 Å². The fraction of sp³-hybridized carbons (Fsp3) is 0.375. The molecule has 1 amide bonds. The fourth-order valence-corrected chi connectivity index (χ4v) is 2.63. The predicted molar refractivity (Wildman–Crippen MR) is 81.7 cm³/mol. The second kappa shape index (κ2) is 6.69. The van der Waals surface area contributed by atoms with Crippen molar-refractivity contribution in [3.05, 3.63) is 17.7 Å². The van der Waals surface area contributed by atoms with Crippen LogP contribution in [0.15, 0.2) is 12.1 Å². The lowest BCUT2D eigenvalue weighted by molar-refractivity contribution is -0.143. The van der Waals surface area contributed by atoms with Crippen molar-refractivity contribution in [2.45, 2.75) is 33.2 Å². The number of hydrogen-bond acceptors (Lipinski definition) is 7. The van der Waals surface area contributed by atoms with Gasteiger partial charge >= 0.3 is 17.9 Å². The van der Waals surface area contributed by atoms with Crippen LogP contribution in [0.5, 0.6) is 11.5 Å². The van der Waals surface area contributed by atoms with Gasteiger partial charge in [0.25, 0.3) is 0 Å². The third-order valence-electron chi connectivity index (χ3n) is 3.45. The molecule has 0 radical (unpaired) electrons. The normalized spacial score (nSPS) is 15.5. The van der Waals surface area contributed by atoms with Crippen molar-refractivity contribution >= 4 is 29.5 Å². The van der Waals surface area contributed by atoms with E-state index >= 15 is 0 Å². The van der Waals surface area contributed by atoms with Crippen LogP contribution in [0, 0.1) is 0 Å². The topological polar surface area (TPSA) is 99.2 Å². The molecule has 1 aromatic rings. The van der Waals surface area contributed by atoms with E-state index in [0.29, 0.717) is 11.3 Å². The average Bonchev–Trinajstić information content (AvgIpc) is 2.84. The van der Waals surface area contributed by atoms with Gasteiger partial charge in [0.05, 0.1) is 12.8 Å². The zero-order valence-corrected chi connectivity index (χ0v) is 13.7. The summed E-state index contributed by atoms with van der Waals surface area (Å²) >= 11 is 0. The third-order valence-corrected chi connectivity index (χ3v) is 3.45. The number of benzene rings is 1. The highest BCUT2D eigenvalue weighted by Gasteiger charge is 2.39. The number of anilines is 1. The highest BCUT2D eigenvalue weighted by Crippen LogP contribution is 2.41. The van der Waals surface area contributed by atoms with Crippen LogP contribution in [0.1, 0.15) is 26.3 Å². The van der Waals surface area contributed by atoms with E-state index in [2.05, 4.69) is 0 Å². The molecule has 1 aromatic carbocycles. The maximum atomic E-state index is 12.0. The summed E-state index contributed by atoms with van der Waals surface area (Å²) in [6.45, 7) is 3.73. The Balaban J connectivity index is 2.54. The van der Waals surface area contributed by atoms with Crippen LogP contribution >= 0.6 is 0 Å². The van der Waals surface area contributed by atoms with Gasteiger partial charge in [-0.3, -0.25) is 19.3 Å². The largest absolute Gasteiger partial charge is 0.467 e. The molecule has 0 saturated heterocycles. The minimum Gasteiger partial charge on any atom is -0.467 e. The zero-order chi connectivity index (χ0) is 18.0. The molecule has 0 aromatic heterocycles. The van der Waals surface area contributed by atoms with Crippen molar-refractivity contribution in [1.29, 1.82) is 0 Å². The Morgan fingerprint density at radius 1 is 1.00 bits per heavy atom. The molecule has 0 fully saturated rings. The lowest BCUT2D eigenvalue weighted by atomic mass is 10.1. The summed E-state index contributed by atoms with van der Waals surface area (Å²) in [5.41, 5.74) is 1.01. The van der Waals surface area contributed by atoms with Gasteiger partial charge in [-0.15, -0.1) is 0 Å². The first-order valence-electron chi connectivity index (χ1n) is 7.16. The quantitative estimate of drug-likeness (QED) is 0.600. The molecular weight excluding hydrogens is 318 g/mol. The monoisotopic (exact) mass is 335 g/mol. The van der Waals surface area contributed by atoms with Crippen molar-refractivity contribution in [1.82, 2.24) is 0 Å². The summed E-state index contributed by atoms with van der Waals surface area (Å²) in [5.74, 6) is -2.09. The Bertz CT molecular complexity index is 725. The van der Waals surface area contributed by atoms with Gasteiger partial charge in [0, 0.05) is 33.3 Å². The molecule has 8 nitrogen and oxygen atoms in total. The van der Waals surface area contributed by atoms with E-state index in [1.54, 1.807) is 0 Å². The summed E-state index contributed by atoms with van der Waals surface area (Å²) in [5, 5.41) is 0. The Morgan fingerprint density at radius 2 is 1.54 bits per heavy atom. The molecule has 0 saturated carbocycles. The van der Waals surface area contributed by atoms with E-state index in [4.69, 9.17) is 14.2 Å². The van der Waals surface area contributed by atoms with Crippen molar-refractivity contribution in [3.63, 3.8) is 0 Å². The lowest BCUT2D eigenvalue weighted by Crippen LogP contribution is -2.42. The Kier molecular flexibility index (Phi) is 4.87. The molecule has 1 aliphatic heterocycles. The molecule has 0 bridgehead atoms. The minimum atomic E-state index is -0.819. The van der Waals surface area contributed by atoms with Crippen molar-refractivity contribution in [2.75, 3.05) is 12.0 Å². The van der Waals surface area contributed by atoms with E-state index in [1.165, 1.54) is 44.9 Å². The molecular formula is C16H17NO7. The van der Waals surface area contributed by atoms with E-state index in [-0.39, 0.29) is 23.8 Å². The van der Waals surface area contributed by atoms with Crippen LogP contribution in [0.4, 0.5) is 5.69 Å². The summed E-state index contributed by atoms with van der Waals surface area (Å²) in [4.78, 5) is 47.7. The van der Waals surface area contributed by atoms with Crippen LogP contribution in [0.2, 0.25) is 0 Å². The SMILES string of the molecule is COC(=O)C1Cc2cc(OC(C)=O)c(OC(C)=O)cc2N1C(C)=O. The van der Waals surface area contributed by atoms with E-state index in [9.17, 15) is 19.2 Å². The van der Waals surface area contributed by atoms with E-state index in [0.717, 1.165) is 0 Å². The van der Waals surface area contributed by atoms with Crippen molar-refractivity contribution in [3.8, 4) is 11.5 Å². The molecule has 2 rings (SSSR count). The maximum absolute atomic E-state index is 12.0. The second-order valence-electron chi connectivity index (χ2n) is 5.25. The van der Waals surface area contributed by atoms with Gasteiger partial charge in [0.2, 0.25) is 5.91 Å². The summed E-state index contributed by atoms with van der Waals surface area (Å²) in [7, 11) is 1.23. The number of rotatable bonds is 3. The number of fused-ring (bicyclic) bond motifs is 1. The smallest absolute Gasteiger partial charge is 0.329 e. The summed E-state index contributed by atoms with van der Waals surface area (Å²) in [6, 6.07) is 2.06. The number of carbonyl (C=O) groups is 4. The fourth-order valence-electron chi connectivity index (χ4n) is 2.63. The number of hydrogen-bond donors (Lipinski definition) is 0. The van der Waals surface area contributed by atoms with Gasteiger partial charge in [-0.25, -0.2) is 4.79 Å². The molecule has 0 N–H and O–H groups in total. The average molecular weight is 335 g/mol. The molecule has 1 heterocycles. The maximum Gasteiger partial charge on any atom is 0.329 e. The summed E-state index contributed by atoms with van der Waals surface area (Å²) in [6.07, 6.45) is 0.205. The highest BCUT2D eigenvalue weighted by molar-refractivity contribution is 6.01. The number of nitrogens with zero attached hydrogens (tertiary/aromatic N) is 1. The Labute approximate surface area is 138 Å². The first-order valence-corrected chi connectivity index (χ1v) is 7.16. The number of amides is 1. The highest BCUT2D eigenvalue weighted by atomic mass is 16.6. The van der Waals surface area contributed by atoms with Crippen molar-refractivity contribution < 1.29 is 33.4 Å². The molecule has 1 atom stereocenters. The standard InChI is InChI=1S/C16H17NO7/c1-8(18)17-12-7-15(24-10(3)20)14(23-9(2)19)6-11(12)5-13(17)16(21)22-4/h6-7,13H,5H2,1-4H3. The van der Waals surface area contributed by atoms with E-state index in [1.807, 2.05) is 0 Å². The molecule has 24 heavy (non-hydrogen) atoms. The zero-order valence-electron chi connectivity index (χ0n) is 13.7. The van der Waals surface area contributed by atoms with Gasteiger partial charge in [-0.05, 0) is 11.6 Å². The Morgan fingerprint density at radius 3 is 2.00 bits per heavy atom. The third kappa shape index (κ3) is 3.37. The van der Waals surface area contributed by atoms with E-state index < -0.39 is 23.9 Å². The Hall–Kier alpha value is -2.90. The lowest BCUT2D eigenvalue weighted by Gasteiger charge is -2.22. The second-order valence-corrected chi connectivity index (χ2v) is 5.25. The van der Waals surface area contributed by atoms with Crippen LogP contribution < -0.4 is 14.4 Å². The first kappa shape index (κ1) is 17.5. The van der Waals surface area contributed by atoms with Crippen molar-refractivity contribution in [2.24, 2.45) is 0 Å². The molecule has 128 valence electrons. The van der Waals surface area contributed by atoms with Crippen LogP contribution in [0.3, 0.4) is 0 Å². The first-order chi connectivity index (χ1) is 11.2. The molecule has 1 unspecified atom stereocenters. The van der Waals surface area contributed by atoms with Crippen LogP contribution in [-0.4, -0.2) is 37.0 Å². The van der Waals surface area contributed by atoms with Gasteiger partial charge < -0.3 is 14.2 Å². The minimum absolute atomic E-state index is 0.00628. The predicted octanol–water partition coefficient (Wildman–Crippen LogP) is 0.988. The van der Waals surface area contributed by atoms with Gasteiger partial charge in [-0.1, -0.05) is 0 Å². The number of esters is 3. The number of methoxy groups -OCH3 is 1. The van der Waals surface area contributed by atoms with Gasteiger partial charge in [-0.2, -0.15) is 0 Å². The summed E-state index contributed by atoms with van der Waals surface area (Å²) < 4.78 is 14.8. The van der Waals surface area contributed by atoms with Crippen LogP contribution in [-0.2, 0) is 30.3 Å². The van der Waals surface area contributed by atoms with Crippen LogP contribution in [0.25, 0.3) is 0 Å². The molecule has 8 heteroatoms. The van der Waals surface area contributed by atoms with Gasteiger partial charge in [0.15, 0.2) is 11.5 Å². The molecule has 1 aliphatic rings.